The molecule has 0 heterocycles. The largest absolute Gasteiger partial charge is 0.478 e. The zero-order valence-electron chi connectivity index (χ0n) is 15.7. The van der Waals surface area contributed by atoms with Crippen molar-refractivity contribution in [3.63, 3.8) is 0 Å². The third-order valence-corrected chi connectivity index (χ3v) is 7.81. The molecule has 4 rings (SSSR count). The van der Waals surface area contributed by atoms with Crippen LogP contribution in [0.25, 0.3) is 0 Å². The Bertz CT molecular complexity index is 624. The van der Waals surface area contributed by atoms with E-state index in [0.717, 1.165) is 6.42 Å². The van der Waals surface area contributed by atoms with Gasteiger partial charge in [0.05, 0.1) is 11.7 Å². The van der Waals surface area contributed by atoms with Gasteiger partial charge in [-0.3, -0.25) is 0 Å². The lowest BCUT2D eigenvalue weighted by molar-refractivity contribution is -0.139. The molecular formula is C22H32O4. The summed E-state index contributed by atoms with van der Waals surface area (Å²) >= 11 is 0. The van der Waals surface area contributed by atoms with Gasteiger partial charge in [-0.2, -0.15) is 0 Å². The average Bonchev–Trinajstić information content (AvgIpc) is 2.96. The van der Waals surface area contributed by atoms with E-state index < -0.39 is 17.7 Å². The predicted octanol–water partition coefficient (Wildman–Crippen LogP) is 3.54. The Labute approximate surface area is 156 Å². The lowest BCUT2D eigenvalue weighted by Gasteiger charge is -2.56. The fraction of sp³-hybridized carbons (Fsp3) is 0.773. The number of rotatable bonds is 8. The number of hydrogen-bond acceptors (Lipinski definition) is 3. The van der Waals surface area contributed by atoms with Gasteiger partial charge in [-0.25, -0.2) is 4.79 Å². The summed E-state index contributed by atoms with van der Waals surface area (Å²) in [5.41, 5.74) is -1.42. The van der Waals surface area contributed by atoms with Gasteiger partial charge in [0, 0.05) is 5.92 Å². The Kier molecular flexibility index (Phi) is 4.77. The van der Waals surface area contributed by atoms with E-state index in [0.29, 0.717) is 23.7 Å². The van der Waals surface area contributed by atoms with Crippen LogP contribution in [0.2, 0.25) is 0 Å². The van der Waals surface area contributed by atoms with Crippen molar-refractivity contribution in [1.29, 1.82) is 0 Å². The molecule has 2 fully saturated rings. The number of allylic oxidation sites excluding steroid dienone is 1. The molecular weight excluding hydrogens is 328 g/mol. The maximum atomic E-state index is 11.6. The van der Waals surface area contributed by atoms with Crippen LogP contribution >= 0.6 is 0 Å². The van der Waals surface area contributed by atoms with Gasteiger partial charge in [-0.05, 0) is 48.5 Å². The van der Waals surface area contributed by atoms with Crippen molar-refractivity contribution in [2.75, 3.05) is 0 Å². The first-order chi connectivity index (χ1) is 12.5. The highest BCUT2D eigenvalue weighted by molar-refractivity contribution is 5.90. The lowest BCUT2D eigenvalue weighted by atomic mass is 9.49. The molecule has 4 heteroatoms. The third-order valence-electron chi connectivity index (χ3n) is 7.81. The topological polar surface area (TPSA) is 77.8 Å². The molecule has 0 aliphatic heterocycles. The second-order valence-corrected chi connectivity index (χ2v) is 9.02. The summed E-state index contributed by atoms with van der Waals surface area (Å²) in [6, 6.07) is 0. The minimum Gasteiger partial charge on any atom is -0.478 e. The third kappa shape index (κ3) is 2.60. The number of aliphatic hydroxyl groups excluding tert-OH is 1. The fourth-order valence-corrected chi connectivity index (χ4v) is 6.70. The molecule has 0 saturated heterocycles. The van der Waals surface area contributed by atoms with E-state index in [1.807, 2.05) is 0 Å². The standard InChI is InChI=1S/C22H32O4/c1-2-3-4-5-6-7-8-13-14-9-10-22(26)17(21(24)25)12-18(23)16-11-15(13)19(14)20(16)22/h9-10,12-16,18-20,23,26H,2-8,11H2,1H3,(H,24,25)/t13-,14-,15+,16+,18+,19-,20+,22-/m1/s1. The second-order valence-electron chi connectivity index (χ2n) is 9.02. The lowest BCUT2D eigenvalue weighted by Crippen LogP contribution is -2.58. The number of aliphatic hydroxyl groups is 2. The van der Waals surface area contributed by atoms with Crippen molar-refractivity contribution in [1.82, 2.24) is 0 Å². The van der Waals surface area contributed by atoms with Crippen LogP contribution in [-0.4, -0.2) is 33.0 Å². The molecule has 26 heavy (non-hydrogen) atoms. The van der Waals surface area contributed by atoms with Crippen LogP contribution in [0.3, 0.4) is 0 Å². The summed E-state index contributed by atoms with van der Waals surface area (Å²) < 4.78 is 0. The van der Waals surface area contributed by atoms with Gasteiger partial charge in [-0.15, -0.1) is 0 Å². The molecule has 0 radical (unpaired) electrons. The van der Waals surface area contributed by atoms with E-state index in [2.05, 4.69) is 13.0 Å². The van der Waals surface area contributed by atoms with Gasteiger partial charge in [0.2, 0.25) is 0 Å². The Morgan fingerprint density at radius 2 is 1.92 bits per heavy atom. The number of unbranched alkanes of at least 4 members (excludes halogenated alkanes) is 5. The maximum absolute atomic E-state index is 11.6. The summed E-state index contributed by atoms with van der Waals surface area (Å²) in [6.45, 7) is 2.24. The van der Waals surface area contributed by atoms with Crippen molar-refractivity contribution < 1.29 is 20.1 Å². The Morgan fingerprint density at radius 3 is 2.65 bits per heavy atom. The van der Waals surface area contributed by atoms with E-state index in [9.17, 15) is 20.1 Å². The minimum absolute atomic E-state index is 0.0000965. The van der Waals surface area contributed by atoms with Crippen LogP contribution in [0, 0.1) is 35.5 Å². The molecule has 0 amide bonds. The van der Waals surface area contributed by atoms with Gasteiger partial charge in [-0.1, -0.05) is 57.6 Å². The molecule has 2 saturated carbocycles. The van der Waals surface area contributed by atoms with Gasteiger partial charge in [0.1, 0.15) is 5.60 Å². The Hall–Kier alpha value is -1.13. The number of carboxylic acids is 1. The normalized spacial score (nSPS) is 45.0. The molecule has 3 N–H and O–H groups in total. The van der Waals surface area contributed by atoms with Crippen molar-refractivity contribution >= 4 is 5.97 Å². The van der Waals surface area contributed by atoms with Gasteiger partial charge in [0.15, 0.2) is 0 Å². The molecule has 4 aliphatic rings. The van der Waals surface area contributed by atoms with E-state index in [4.69, 9.17) is 0 Å². The van der Waals surface area contributed by atoms with Crippen molar-refractivity contribution in [3.8, 4) is 0 Å². The quantitative estimate of drug-likeness (QED) is 0.457. The molecule has 0 spiro atoms. The first-order valence-electron chi connectivity index (χ1n) is 10.5. The number of carbonyl (C=O) groups is 1. The number of hydrogen-bond donors (Lipinski definition) is 3. The van der Waals surface area contributed by atoms with Crippen LogP contribution in [0.5, 0.6) is 0 Å². The van der Waals surface area contributed by atoms with Crippen LogP contribution in [0.1, 0.15) is 58.3 Å². The predicted molar refractivity (Wildman–Crippen MR) is 99.4 cm³/mol. The van der Waals surface area contributed by atoms with Gasteiger partial charge in [0.25, 0.3) is 0 Å². The smallest absolute Gasteiger partial charge is 0.334 e. The molecule has 4 nitrogen and oxygen atoms in total. The van der Waals surface area contributed by atoms with Crippen LogP contribution in [-0.2, 0) is 4.79 Å². The van der Waals surface area contributed by atoms with Gasteiger partial charge >= 0.3 is 5.97 Å². The van der Waals surface area contributed by atoms with Crippen LogP contribution in [0.4, 0.5) is 0 Å². The number of aliphatic carboxylic acids is 1. The second kappa shape index (κ2) is 6.79. The van der Waals surface area contributed by atoms with Crippen molar-refractivity contribution in [3.05, 3.63) is 23.8 Å². The monoisotopic (exact) mass is 360 g/mol. The number of carboxylic acid groups (broad SMARTS) is 1. The molecule has 4 aliphatic carbocycles. The van der Waals surface area contributed by atoms with Crippen LogP contribution < -0.4 is 0 Å². The highest BCUT2D eigenvalue weighted by Gasteiger charge is 2.68. The van der Waals surface area contributed by atoms with E-state index in [1.54, 1.807) is 6.08 Å². The molecule has 0 aromatic heterocycles. The van der Waals surface area contributed by atoms with E-state index in [1.165, 1.54) is 51.0 Å². The average molecular weight is 360 g/mol. The summed E-state index contributed by atoms with van der Waals surface area (Å²) in [7, 11) is 0. The van der Waals surface area contributed by atoms with Crippen molar-refractivity contribution in [2.24, 2.45) is 35.5 Å². The molecule has 0 aromatic rings. The zero-order valence-corrected chi connectivity index (χ0v) is 15.7. The summed E-state index contributed by atoms with van der Waals surface area (Å²) in [5, 5.41) is 31.2. The summed E-state index contributed by atoms with van der Waals surface area (Å²) in [4.78, 5) is 11.6. The first kappa shape index (κ1) is 18.2. The van der Waals surface area contributed by atoms with Crippen LogP contribution in [0.15, 0.2) is 23.8 Å². The highest BCUT2D eigenvalue weighted by atomic mass is 16.4. The summed E-state index contributed by atoms with van der Waals surface area (Å²) in [5.74, 6) is 0.759. The minimum atomic E-state index is -1.39. The summed E-state index contributed by atoms with van der Waals surface area (Å²) in [6.07, 6.45) is 14.5. The Balaban J connectivity index is 1.46. The van der Waals surface area contributed by atoms with Crippen molar-refractivity contribution in [2.45, 2.75) is 70.0 Å². The molecule has 0 unspecified atom stereocenters. The van der Waals surface area contributed by atoms with Gasteiger partial charge < -0.3 is 15.3 Å². The fourth-order valence-electron chi connectivity index (χ4n) is 6.70. The highest BCUT2D eigenvalue weighted by Crippen LogP contribution is 2.68. The Morgan fingerprint density at radius 1 is 1.19 bits per heavy atom. The maximum Gasteiger partial charge on any atom is 0.334 e. The SMILES string of the molecule is CCCCCCCC[C@@H]1[C@H]2C=C[C@@]3(O)C(C(=O)O)=C[C@H](O)[C@@H]4C[C@@H]1[C@@H]2[C@H]43. The first-order valence-corrected chi connectivity index (χ1v) is 10.5. The molecule has 8 atom stereocenters. The molecule has 144 valence electrons. The molecule has 0 bridgehead atoms. The zero-order chi connectivity index (χ0) is 18.5. The van der Waals surface area contributed by atoms with E-state index >= 15 is 0 Å². The molecule has 0 aromatic carbocycles. The van der Waals surface area contributed by atoms with E-state index in [-0.39, 0.29) is 17.4 Å².